The van der Waals surface area contributed by atoms with Gasteiger partial charge in [0.05, 0.1) is 11.9 Å². The fourth-order valence-electron chi connectivity index (χ4n) is 1.83. The van der Waals surface area contributed by atoms with Crippen LogP contribution < -0.4 is 10.6 Å². The Morgan fingerprint density at radius 1 is 1.57 bits per heavy atom. The van der Waals surface area contributed by atoms with Crippen molar-refractivity contribution in [3.63, 3.8) is 0 Å². The Balaban J connectivity index is 2.09. The van der Waals surface area contributed by atoms with E-state index in [0.717, 1.165) is 24.1 Å². The van der Waals surface area contributed by atoms with Crippen LogP contribution in [0.3, 0.4) is 0 Å². The number of nitrogens with zero attached hydrogens (tertiary/aromatic N) is 2. The predicted octanol–water partition coefficient (Wildman–Crippen LogP) is 1.63. The van der Waals surface area contributed by atoms with Crippen molar-refractivity contribution in [3.8, 4) is 0 Å². The molecule has 1 atom stereocenters. The van der Waals surface area contributed by atoms with Crippen molar-refractivity contribution in [2.24, 2.45) is 11.7 Å². The zero-order valence-corrected chi connectivity index (χ0v) is 9.57. The van der Waals surface area contributed by atoms with Gasteiger partial charge in [-0.3, -0.25) is 4.98 Å². The van der Waals surface area contributed by atoms with Crippen LogP contribution in [0, 0.1) is 5.92 Å². The van der Waals surface area contributed by atoms with Gasteiger partial charge in [-0.05, 0) is 40.9 Å². The summed E-state index contributed by atoms with van der Waals surface area (Å²) in [5.41, 5.74) is 6.84. The van der Waals surface area contributed by atoms with Crippen LogP contribution in [-0.2, 0) is 0 Å². The lowest BCUT2D eigenvalue weighted by Crippen LogP contribution is -2.22. The minimum atomic E-state index is 0.647. The summed E-state index contributed by atoms with van der Waals surface area (Å²) < 4.78 is 1.03. The Morgan fingerprint density at radius 2 is 2.43 bits per heavy atom. The minimum absolute atomic E-state index is 0.647. The summed E-state index contributed by atoms with van der Waals surface area (Å²) in [4.78, 5) is 6.50. The molecule has 1 aliphatic rings. The Kier molecular flexibility index (Phi) is 3.03. The normalized spacial score (nSPS) is 21.6. The van der Waals surface area contributed by atoms with E-state index in [-0.39, 0.29) is 0 Å². The minimum Gasteiger partial charge on any atom is -0.370 e. The summed E-state index contributed by atoms with van der Waals surface area (Å²) in [7, 11) is 0. The molecule has 14 heavy (non-hydrogen) atoms. The number of rotatable bonds is 2. The second-order valence-corrected chi connectivity index (χ2v) is 4.61. The molecule has 4 heteroatoms. The molecule has 76 valence electrons. The van der Waals surface area contributed by atoms with Crippen LogP contribution in [0.1, 0.15) is 6.42 Å². The van der Waals surface area contributed by atoms with Crippen molar-refractivity contribution < 1.29 is 0 Å². The van der Waals surface area contributed by atoms with Gasteiger partial charge in [-0.2, -0.15) is 0 Å². The molecule has 1 aromatic heterocycles. The molecule has 2 heterocycles. The molecule has 0 radical (unpaired) electrons. The van der Waals surface area contributed by atoms with Gasteiger partial charge in [-0.25, -0.2) is 0 Å². The number of nitrogens with two attached hydrogens (primary N) is 1. The summed E-state index contributed by atoms with van der Waals surface area (Å²) in [5, 5.41) is 0. The highest BCUT2D eigenvalue weighted by Crippen LogP contribution is 2.24. The number of halogens is 1. The molecule has 0 bridgehead atoms. The van der Waals surface area contributed by atoms with Gasteiger partial charge in [0, 0.05) is 23.8 Å². The van der Waals surface area contributed by atoms with E-state index < -0.39 is 0 Å². The van der Waals surface area contributed by atoms with Gasteiger partial charge < -0.3 is 10.6 Å². The molecule has 0 amide bonds. The highest BCUT2D eigenvalue weighted by molar-refractivity contribution is 9.10. The maximum atomic E-state index is 5.65. The molecule has 2 rings (SSSR count). The highest BCUT2D eigenvalue weighted by Gasteiger charge is 2.21. The third-order valence-electron chi connectivity index (χ3n) is 2.67. The predicted molar refractivity (Wildman–Crippen MR) is 61.3 cm³/mol. The first kappa shape index (κ1) is 9.93. The van der Waals surface area contributed by atoms with E-state index in [1.165, 1.54) is 12.1 Å². The second kappa shape index (κ2) is 4.28. The fourth-order valence-corrected chi connectivity index (χ4v) is 2.19. The summed E-state index contributed by atoms with van der Waals surface area (Å²) in [6.45, 7) is 2.95. The molecule has 1 saturated heterocycles. The quantitative estimate of drug-likeness (QED) is 0.874. The molecule has 0 spiro atoms. The van der Waals surface area contributed by atoms with Crippen LogP contribution in [-0.4, -0.2) is 24.6 Å². The zero-order valence-electron chi connectivity index (χ0n) is 7.99. The average Bonchev–Trinajstić information content (AvgIpc) is 2.66. The molecule has 1 fully saturated rings. The van der Waals surface area contributed by atoms with E-state index in [2.05, 4.69) is 31.9 Å². The Morgan fingerprint density at radius 3 is 3.07 bits per heavy atom. The van der Waals surface area contributed by atoms with Crippen molar-refractivity contribution in [3.05, 3.63) is 22.9 Å². The lowest BCUT2D eigenvalue weighted by Gasteiger charge is -2.17. The first-order chi connectivity index (χ1) is 6.79. The lowest BCUT2D eigenvalue weighted by atomic mass is 10.1. The van der Waals surface area contributed by atoms with Crippen LogP contribution in [0.2, 0.25) is 0 Å². The van der Waals surface area contributed by atoms with Crippen LogP contribution >= 0.6 is 15.9 Å². The Hall–Kier alpha value is -0.610. The smallest absolute Gasteiger partial charge is 0.0564 e. The highest BCUT2D eigenvalue weighted by atomic mass is 79.9. The zero-order chi connectivity index (χ0) is 9.97. The maximum Gasteiger partial charge on any atom is 0.0564 e. The standard InChI is InChI=1S/C10H14BrN3/c11-9-3-10(6-13-5-9)14-2-1-8(4-12)7-14/h3,5-6,8H,1-2,4,7,12H2. The fraction of sp³-hybridized carbons (Fsp3) is 0.500. The topological polar surface area (TPSA) is 42.1 Å². The molecule has 1 unspecified atom stereocenters. The Bertz CT molecular complexity index is 316. The number of hydrogen-bond donors (Lipinski definition) is 1. The van der Waals surface area contributed by atoms with Gasteiger partial charge in [-0.15, -0.1) is 0 Å². The van der Waals surface area contributed by atoms with Crippen molar-refractivity contribution in [2.45, 2.75) is 6.42 Å². The van der Waals surface area contributed by atoms with E-state index in [4.69, 9.17) is 5.73 Å². The number of anilines is 1. The average molecular weight is 256 g/mol. The summed E-state index contributed by atoms with van der Waals surface area (Å²) in [5.74, 6) is 0.647. The third-order valence-corrected chi connectivity index (χ3v) is 3.11. The molecular formula is C10H14BrN3. The summed E-state index contributed by atoms with van der Waals surface area (Å²) in [6.07, 6.45) is 4.91. The summed E-state index contributed by atoms with van der Waals surface area (Å²) >= 11 is 3.43. The van der Waals surface area contributed by atoms with Crippen molar-refractivity contribution in [1.29, 1.82) is 0 Å². The van der Waals surface area contributed by atoms with Crippen LogP contribution in [0.4, 0.5) is 5.69 Å². The Labute approximate surface area is 92.4 Å². The largest absolute Gasteiger partial charge is 0.370 e. The SMILES string of the molecule is NCC1CCN(c2cncc(Br)c2)C1. The molecule has 1 aliphatic heterocycles. The number of aromatic nitrogens is 1. The van der Waals surface area contributed by atoms with E-state index in [1.807, 2.05) is 6.20 Å². The molecule has 1 aromatic rings. The van der Waals surface area contributed by atoms with Gasteiger partial charge in [0.25, 0.3) is 0 Å². The molecule has 0 saturated carbocycles. The van der Waals surface area contributed by atoms with Gasteiger partial charge in [0.15, 0.2) is 0 Å². The van der Waals surface area contributed by atoms with Crippen molar-refractivity contribution in [2.75, 3.05) is 24.5 Å². The van der Waals surface area contributed by atoms with Crippen LogP contribution in [0.5, 0.6) is 0 Å². The van der Waals surface area contributed by atoms with E-state index in [0.29, 0.717) is 5.92 Å². The number of pyridine rings is 1. The van der Waals surface area contributed by atoms with E-state index in [9.17, 15) is 0 Å². The molecule has 0 aromatic carbocycles. The van der Waals surface area contributed by atoms with Gasteiger partial charge >= 0.3 is 0 Å². The first-order valence-electron chi connectivity index (χ1n) is 4.85. The van der Waals surface area contributed by atoms with E-state index >= 15 is 0 Å². The van der Waals surface area contributed by atoms with Crippen LogP contribution in [0.25, 0.3) is 0 Å². The third kappa shape index (κ3) is 2.07. The summed E-state index contributed by atoms with van der Waals surface area (Å²) in [6, 6.07) is 2.10. The monoisotopic (exact) mass is 255 g/mol. The van der Waals surface area contributed by atoms with Gasteiger partial charge in [0.1, 0.15) is 0 Å². The molecule has 3 nitrogen and oxygen atoms in total. The van der Waals surface area contributed by atoms with Crippen molar-refractivity contribution >= 4 is 21.6 Å². The molecular weight excluding hydrogens is 242 g/mol. The van der Waals surface area contributed by atoms with Gasteiger partial charge in [-0.1, -0.05) is 0 Å². The second-order valence-electron chi connectivity index (χ2n) is 3.70. The molecule has 2 N–H and O–H groups in total. The van der Waals surface area contributed by atoms with E-state index in [1.54, 1.807) is 6.20 Å². The maximum absolute atomic E-state index is 5.65. The van der Waals surface area contributed by atoms with Crippen molar-refractivity contribution in [1.82, 2.24) is 4.98 Å². The number of hydrogen-bond acceptors (Lipinski definition) is 3. The van der Waals surface area contributed by atoms with Crippen LogP contribution in [0.15, 0.2) is 22.9 Å². The molecule has 0 aliphatic carbocycles. The first-order valence-corrected chi connectivity index (χ1v) is 5.64. The lowest BCUT2D eigenvalue weighted by molar-refractivity contribution is 0.602. The van der Waals surface area contributed by atoms with Gasteiger partial charge in [0.2, 0.25) is 0 Å².